The zero-order valence-electron chi connectivity index (χ0n) is 15.0. The quantitative estimate of drug-likeness (QED) is 0.732. The van der Waals surface area contributed by atoms with E-state index in [1.54, 1.807) is 36.7 Å². The van der Waals surface area contributed by atoms with Crippen LogP contribution in [-0.4, -0.2) is 16.0 Å². The number of nitrogens with one attached hydrogen (secondary N) is 1. The van der Waals surface area contributed by atoms with Crippen LogP contribution >= 0.6 is 0 Å². The summed E-state index contributed by atoms with van der Waals surface area (Å²) in [6.45, 7) is 6.04. The van der Waals surface area contributed by atoms with Gasteiger partial charge in [-0.1, -0.05) is 11.2 Å². The number of nitrogens with zero attached hydrogens (tertiary/aromatic N) is 2. The van der Waals surface area contributed by atoms with Gasteiger partial charge in [0, 0.05) is 18.0 Å². The highest BCUT2D eigenvalue weighted by Crippen LogP contribution is 2.18. The highest BCUT2D eigenvalue weighted by molar-refractivity contribution is 5.94. The van der Waals surface area contributed by atoms with Crippen LogP contribution < -0.4 is 10.1 Å². The van der Waals surface area contributed by atoms with Gasteiger partial charge in [0.1, 0.15) is 18.1 Å². The highest BCUT2D eigenvalue weighted by Gasteiger charge is 2.12. The van der Waals surface area contributed by atoms with Crippen molar-refractivity contribution in [3.63, 3.8) is 0 Å². The minimum atomic E-state index is -0.140. The summed E-state index contributed by atoms with van der Waals surface area (Å²) in [5.41, 5.74) is 3.30. The molecule has 2 aromatic heterocycles. The average molecular weight is 351 g/mol. The normalized spacial score (nSPS) is 11.8. The number of aryl methyl sites for hydroxylation is 2. The second-order valence-corrected chi connectivity index (χ2v) is 6.10. The lowest BCUT2D eigenvalue weighted by Crippen LogP contribution is -2.26. The third kappa shape index (κ3) is 4.08. The third-order valence-corrected chi connectivity index (χ3v) is 4.21. The van der Waals surface area contributed by atoms with Crippen LogP contribution in [0.5, 0.6) is 5.75 Å². The Morgan fingerprint density at radius 2 is 2.00 bits per heavy atom. The van der Waals surface area contributed by atoms with E-state index in [9.17, 15) is 4.79 Å². The molecule has 134 valence electrons. The molecule has 0 saturated heterocycles. The SMILES string of the molecule is Cc1noc(C)c1COc1ccc(C(=O)NC(C)c2cccnc2)cc1. The number of pyridine rings is 1. The molecular weight excluding hydrogens is 330 g/mol. The van der Waals surface area contributed by atoms with Gasteiger partial charge in [-0.25, -0.2) is 0 Å². The second kappa shape index (κ2) is 7.82. The molecule has 0 aliphatic heterocycles. The van der Waals surface area contributed by atoms with Gasteiger partial charge < -0.3 is 14.6 Å². The summed E-state index contributed by atoms with van der Waals surface area (Å²) in [7, 11) is 0. The Morgan fingerprint density at radius 3 is 2.62 bits per heavy atom. The minimum absolute atomic E-state index is 0.119. The molecule has 0 radical (unpaired) electrons. The van der Waals surface area contributed by atoms with Crippen LogP contribution in [0.3, 0.4) is 0 Å². The van der Waals surface area contributed by atoms with Crippen LogP contribution in [0.2, 0.25) is 0 Å². The zero-order valence-corrected chi connectivity index (χ0v) is 15.0. The molecule has 0 spiro atoms. The summed E-state index contributed by atoms with van der Waals surface area (Å²) in [6, 6.07) is 10.7. The molecule has 0 saturated carbocycles. The summed E-state index contributed by atoms with van der Waals surface area (Å²) < 4.78 is 10.9. The molecule has 1 atom stereocenters. The minimum Gasteiger partial charge on any atom is -0.489 e. The van der Waals surface area contributed by atoms with E-state index in [0.717, 1.165) is 22.6 Å². The number of carbonyl (C=O) groups excluding carboxylic acids is 1. The van der Waals surface area contributed by atoms with E-state index in [1.807, 2.05) is 32.9 Å². The van der Waals surface area contributed by atoms with E-state index in [-0.39, 0.29) is 11.9 Å². The van der Waals surface area contributed by atoms with Crippen molar-refractivity contribution in [2.24, 2.45) is 0 Å². The molecule has 6 heteroatoms. The first kappa shape index (κ1) is 17.7. The van der Waals surface area contributed by atoms with Crippen molar-refractivity contribution in [3.8, 4) is 5.75 Å². The summed E-state index contributed by atoms with van der Waals surface area (Å²) in [5, 5.41) is 6.87. The van der Waals surface area contributed by atoms with Crippen LogP contribution in [0, 0.1) is 13.8 Å². The molecule has 0 bridgehead atoms. The van der Waals surface area contributed by atoms with E-state index in [0.29, 0.717) is 17.9 Å². The summed E-state index contributed by atoms with van der Waals surface area (Å²) >= 11 is 0. The van der Waals surface area contributed by atoms with Crippen molar-refractivity contribution in [1.29, 1.82) is 0 Å². The molecule has 3 rings (SSSR count). The topological polar surface area (TPSA) is 77.2 Å². The lowest BCUT2D eigenvalue weighted by Gasteiger charge is -2.14. The van der Waals surface area contributed by atoms with Crippen LogP contribution in [0.1, 0.15) is 45.9 Å². The number of ether oxygens (including phenoxy) is 1. The maximum absolute atomic E-state index is 12.4. The van der Waals surface area contributed by atoms with E-state index in [1.165, 1.54) is 0 Å². The van der Waals surface area contributed by atoms with E-state index in [4.69, 9.17) is 9.26 Å². The summed E-state index contributed by atoms with van der Waals surface area (Å²) in [4.78, 5) is 16.5. The molecule has 1 aromatic carbocycles. The van der Waals surface area contributed by atoms with E-state index in [2.05, 4.69) is 15.5 Å². The molecule has 2 heterocycles. The molecule has 0 aliphatic carbocycles. The fourth-order valence-electron chi connectivity index (χ4n) is 2.56. The van der Waals surface area contributed by atoms with E-state index >= 15 is 0 Å². The Kier molecular flexibility index (Phi) is 5.31. The molecule has 26 heavy (non-hydrogen) atoms. The van der Waals surface area contributed by atoms with Crippen molar-refractivity contribution in [2.45, 2.75) is 33.4 Å². The first-order valence-corrected chi connectivity index (χ1v) is 8.40. The highest BCUT2D eigenvalue weighted by atomic mass is 16.5. The largest absolute Gasteiger partial charge is 0.489 e. The first-order chi connectivity index (χ1) is 12.5. The van der Waals surface area contributed by atoms with Crippen LogP contribution in [-0.2, 0) is 6.61 Å². The third-order valence-electron chi connectivity index (χ3n) is 4.21. The smallest absolute Gasteiger partial charge is 0.251 e. The number of aromatic nitrogens is 2. The van der Waals surface area contributed by atoms with Gasteiger partial charge >= 0.3 is 0 Å². The van der Waals surface area contributed by atoms with Gasteiger partial charge in [-0.2, -0.15) is 0 Å². The predicted molar refractivity (Wildman–Crippen MR) is 96.9 cm³/mol. The number of hydrogen-bond acceptors (Lipinski definition) is 5. The van der Waals surface area contributed by atoms with Crippen molar-refractivity contribution >= 4 is 5.91 Å². The maximum atomic E-state index is 12.4. The van der Waals surface area contributed by atoms with Crippen LogP contribution in [0.4, 0.5) is 0 Å². The molecule has 1 N–H and O–H groups in total. The Balaban J connectivity index is 1.59. The molecular formula is C20H21N3O3. The Morgan fingerprint density at radius 1 is 1.23 bits per heavy atom. The average Bonchev–Trinajstić information content (AvgIpc) is 2.99. The number of rotatable bonds is 6. The van der Waals surface area contributed by atoms with Crippen LogP contribution in [0.25, 0.3) is 0 Å². The number of amides is 1. The fraction of sp³-hybridized carbons (Fsp3) is 0.250. The predicted octanol–water partition coefficient (Wildman–Crippen LogP) is 3.76. The molecule has 1 amide bonds. The van der Waals surface area contributed by atoms with Gasteiger partial charge in [0.15, 0.2) is 0 Å². The van der Waals surface area contributed by atoms with Gasteiger partial charge in [-0.05, 0) is 56.7 Å². The summed E-state index contributed by atoms with van der Waals surface area (Å²) in [6.07, 6.45) is 3.45. The second-order valence-electron chi connectivity index (χ2n) is 6.10. The summed E-state index contributed by atoms with van der Waals surface area (Å²) in [5.74, 6) is 1.29. The lowest BCUT2D eigenvalue weighted by molar-refractivity contribution is 0.0940. The Hall–Kier alpha value is -3.15. The molecule has 0 fully saturated rings. The molecule has 6 nitrogen and oxygen atoms in total. The zero-order chi connectivity index (χ0) is 18.5. The van der Waals surface area contributed by atoms with Crippen LogP contribution in [0.15, 0.2) is 53.3 Å². The Labute approximate surface area is 152 Å². The van der Waals surface area contributed by atoms with Crippen molar-refractivity contribution < 1.29 is 14.1 Å². The van der Waals surface area contributed by atoms with Crippen molar-refractivity contribution in [2.75, 3.05) is 0 Å². The molecule has 0 aliphatic rings. The van der Waals surface area contributed by atoms with Gasteiger partial charge in [0.25, 0.3) is 5.91 Å². The van der Waals surface area contributed by atoms with Gasteiger partial charge in [0.05, 0.1) is 17.3 Å². The Bertz CT molecular complexity index is 854. The number of benzene rings is 1. The monoisotopic (exact) mass is 351 g/mol. The van der Waals surface area contributed by atoms with Crippen molar-refractivity contribution in [1.82, 2.24) is 15.5 Å². The maximum Gasteiger partial charge on any atom is 0.251 e. The van der Waals surface area contributed by atoms with Gasteiger partial charge in [-0.3, -0.25) is 9.78 Å². The lowest BCUT2D eigenvalue weighted by atomic mass is 10.1. The standard InChI is InChI=1S/C20H21N3O3/c1-13(17-5-4-10-21-11-17)22-20(24)16-6-8-18(9-7-16)25-12-19-14(2)23-26-15(19)3/h4-11,13H,12H2,1-3H3,(H,22,24). The number of hydrogen-bond donors (Lipinski definition) is 1. The molecule has 3 aromatic rings. The van der Waals surface area contributed by atoms with Crippen molar-refractivity contribution in [3.05, 3.63) is 76.9 Å². The number of carbonyl (C=O) groups is 1. The van der Waals surface area contributed by atoms with Gasteiger partial charge in [0.2, 0.25) is 0 Å². The first-order valence-electron chi connectivity index (χ1n) is 8.40. The fourth-order valence-corrected chi connectivity index (χ4v) is 2.56. The van der Waals surface area contributed by atoms with E-state index < -0.39 is 0 Å². The van der Waals surface area contributed by atoms with Gasteiger partial charge in [-0.15, -0.1) is 0 Å². The molecule has 1 unspecified atom stereocenters.